The standard InChI is InChI=1S/C12H13ClN2/c1-2-14-8-9-3-4-10-5-6-12(13)15-11(10)7-9/h3-7,14H,2,8H2,1H3. The van der Waals surface area contributed by atoms with Gasteiger partial charge in [-0.15, -0.1) is 0 Å². The smallest absolute Gasteiger partial charge is 0.129 e. The fourth-order valence-electron chi connectivity index (χ4n) is 1.52. The predicted molar refractivity (Wildman–Crippen MR) is 64.1 cm³/mol. The minimum atomic E-state index is 0.545. The van der Waals surface area contributed by atoms with Crippen LogP contribution in [0, 0.1) is 0 Å². The molecule has 78 valence electrons. The maximum Gasteiger partial charge on any atom is 0.129 e. The maximum absolute atomic E-state index is 5.85. The Bertz CT molecular complexity index is 468. The third-order valence-electron chi connectivity index (χ3n) is 2.30. The first-order valence-electron chi connectivity index (χ1n) is 5.05. The second-order valence-electron chi connectivity index (χ2n) is 3.44. The lowest BCUT2D eigenvalue weighted by molar-refractivity contribution is 0.727. The van der Waals surface area contributed by atoms with Crippen molar-refractivity contribution in [3.05, 3.63) is 41.0 Å². The molecule has 0 bridgehead atoms. The van der Waals surface area contributed by atoms with E-state index in [4.69, 9.17) is 11.6 Å². The van der Waals surface area contributed by atoms with Gasteiger partial charge in [0.15, 0.2) is 0 Å². The molecule has 3 heteroatoms. The summed E-state index contributed by atoms with van der Waals surface area (Å²) < 4.78 is 0. The molecule has 1 N–H and O–H groups in total. The molecule has 2 aromatic rings. The molecule has 0 atom stereocenters. The average molecular weight is 221 g/mol. The molecule has 0 spiro atoms. The molecule has 0 aliphatic carbocycles. The van der Waals surface area contributed by atoms with E-state index >= 15 is 0 Å². The molecule has 2 nitrogen and oxygen atoms in total. The maximum atomic E-state index is 5.85. The van der Waals surface area contributed by atoms with Crippen molar-refractivity contribution in [1.82, 2.24) is 10.3 Å². The summed E-state index contributed by atoms with van der Waals surface area (Å²) >= 11 is 5.85. The topological polar surface area (TPSA) is 24.9 Å². The van der Waals surface area contributed by atoms with Crippen molar-refractivity contribution in [2.75, 3.05) is 6.54 Å². The number of aromatic nitrogens is 1. The monoisotopic (exact) mass is 220 g/mol. The number of benzene rings is 1. The Hall–Kier alpha value is -1.12. The number of fused-ring (bicyclic) bond motifs is 1. The van der Waals surface area contributed by atoms with E-state index in [1.165, 1.54) is 5.56 Å². The molecule has 1 aromatic carbocycles. The highest BCUT2D eigenvalue weighted by molar-refractivity contribution is 6.29. The second-order valence-corrected chi connectivity index (χ2v) is 3.83. The van der Waals surface area contributed by atoms with E-state index in [0.717, 1.165) is 24.0 Å². The van der Waals surface area contributed by atoms with Crippen LogP contribution >= 0.6 is 11.6 Å². The zero-order valence-electron chi connectivity index (χ0n) is 8.63. The fourth-order valence-corrected chi connectivity index (χ4v) is 1.67. The zero-order valence-corrected chi connectivity index (χ0v) is 9.38. The predicted octanol–water partition coefficient (Wildman–Crippen LogP) is 3.00. The fraction of sp³-hybridized carbons (Fsp3) is 0.250. The molecule has 0 aliphatic heterocycles. The van der Waals surface area contributed by atoms with Gasteiger partial charge < -0.3 is 5.32 Å². The Morgan fingerprint density at radius 2 is 2.07 bits per heavy atom. The molecule has 0 saturated carbocycles. The molecule has 0 fully saturated rings. The van der Waals surface area contributed by atoms with Gasteiger partial charge in [-0.25, -0.2) is 4.98 Å². The first-order chi connectivity index (χ1) is 7.29. The molecule has 0 unspecified atom stereocenters. The van der Waals surface area contributed by atoms with Crippen molar-refractivity contribution < 1.29 is 0 Å². The Morgan fingerprint density at radius 1 is 1.27 bits per heavy atom. The van der Waals surface area contributed by atoms with E-state index in [-0.39, 0.29) is 0 Å². The lowest BCUT2D eigenvalue weighted by atomic mass is 10.1. The van der Waals surface area contributed by atoms with Gasteiger partial charge in [0, 0.05) is 11.9 Å². The van der Waals surface area contributed by atoms with E-state index in [0.29, 0.717) is 5.15 Å². The molecular weight excluding hydrogens is 208 g/mol. The first kappa shape index (κ1) is 10.4. The van der Waals surface area contributed by atoms with E-state index in [1.54, 1.807) is 0 Å². The molecule has 15 heavy (non-hydrogen) atoms. The lowest BCUT2D eigenvalue weighted by Gasteiger charge is -2.03. The molecule has 0 saturated heterocycles. The third-order valence-corrected chi connectivity index (χ3v) is 2.51. The summed E-state index contributed by atoms with van der Waals surface area (Å²) in [6, 6.07) is 10.1. The Balaban J connectivity index is 2.36. The van der Waals surface area contributed by atoms with Crippen LogP contribution in [0.4, 0.5) is 0 Å². The average Bonchev–Trinajstić information content (AvgIpc) is 2.25. The van der Waals surface area contributed by atoms with Crippen LogP contribution < -0.4 is 5.32 Å². The SMILES string of the molecule is CCNCc1ccc2ccc(Cl)nc2c1. The summed E-state index contributed by atoms with van der Waals surface area (Å²) in [7, 11) is 0. The molecule has 0 radical (unpaired) electrons. The van der Waals surface area contributed by atoms with Gasteiger partial charge in [-0.2, -0.15) is 0 Å². The minimum Gasteiger partial charge on any atom is -0.313 e. The number of nitrogens with zero attached hydrogens (tertiary/aromatic N) is 1. The second kappa shape index (κ2) is 4.60. The van der Waals surface area contributed by atoms with Crippen LogP contribution in [-0.4, -0.2) is 11.5 Å². The molecule has 0 amide bonds. The van der Waals surface area contributed by atoms with Crippen LogP contribution in [0.3, 0.4) is 0 Å². The largest absolute Gasteiger partial charge is 0.313 e. The summed E-state index contributed by atoms with van der Waals surface area (Å²) in [6.45, 7) is 3.94. The van der Waals surface area contributed by atoms with Gasteiger partial charge >= 0.3 is 0 Å². The van der Waals surface area contributed by atoms with Gasteiger partial charge in [0.05, 0.1) is 5.52 Å². The third kappa shape index (κ3) is 2.46. The van der Waals surface area contributed by atoms with Crippen LogP contribution in [0.2, 0.25) is 5.15 Å². The minimum absolute atomic E-state index is 0.545. The molecule has 2 rings (SSSR count). The van der Waals surface area contributed by atoms with Crippen molar-refractivity contribution in [1.29, 1.82) is 0 Å². The molecular formula is C12H13ClN2. The number of nitrogens with one attached hydrogen (secondary N) is 1. The molecule has 1 aromatic heterocycles. The van der Waals surface area contributed by atoms with Crippen LogP contribution in [0.5, 0.6) is 0 Å². The van der Waals surface area contributed by atoms with Crippen LogP contribution in [-0.2, 0) is 6.54 Å². The highest BCUT2D eigenvalue weighted by Crippen LogP contribution is 2.16. The number of pyridine rings is 1. The Labute approximate surface area is 94.3 Å². The summed E-state index contributed by atoms with van der Waals surface area (Å²) in [5.41, 5.74) is 2.19. The van der Waals surface area contributed by atoms with E-state index in [9.17, 15) is 0 Å². The van der Waals surface area contributed by atoms with Gasteiger partial charge in [-0.05, 0) is 30.3 Å². The number of hydrogen-bond donors (Lipinski definition) is 1. The van der Waals surface area contributed by atoms with Crippen LogP contribution in [0.1, 0.15) is 12.5 Å². The van der Waals surface area contributed by atoms with Crippen molar-refractivity contribution in [3.8, 4) is 0 Å². The lowest BCUT2D eigenvalue weighted by Crippen LogP contribution is -2.11. The van der Waals surface area contributed by atoms with Gasteiger partial charge in [-0.1, -0.05) is 30.7 Å². The summed E-state index contributed by atoms with van der Waals surface area (Å²) in [5, 5.41) is 4.95. The Morgan fingerprint density at radius 3 is 2.87 bits per heavy atom. The van der Waals surface area contributed by atoms with Crippen LogP contribution in [0.15, 0.2) is 30.3 Å². The first-order valence-corrected chi connectivity index (χ1v) is 5.43. The summed E-state index contributed by atoms with van der Waals surface area (Å²) in [5.74, 6) is 0. The highest BCUT2D eigenvalue weighted by atomic mass is 35.5. The van der Waals surface area contributed by atoms with Gasteiger partial charge in [0.25, 0.3) is 0 Å². The summed E-state index contributed by atoms with van der Waals surface area (Å²) in [6.07, 6.45) is 0. The van der Waals surface area contributed by atoms with E-state index < -0.39 is 0 Å². The van der Waals surface area contributed by atoms with Gasteiger partial charge in [0.2, 0.25) is 0 Å². The molecule has 0 aliphatic rings. The van der Waals surface area contributed by atoms with Crippen molar-refractivity contribution in [2.24, 2.45) is 0 Å². The summed E-state index contributed by atoms with van der Waals surface area (Å²) in [4.78, 5) is 4.28. The van der Waals surface area contributed by atoms with Crippen LogP contribution in [0.25, 0.3) is 10.9 Å². The Kier molecular flexibility index (Phi) is 3.19. The highest BCUT2D eigenvalue weighted by Gasteiger charge is 1.98. The van der Waals surface area contributed by atoms with E-state index in [2.05, 4.69) is 35.4 Å². The number of rotatable bonds is 3. The zero-order chi connectivity index (χ0) is 10.7. The van der Waals surface area contributed by atoms with E-state index in [1.807, 2.05) is 12.1 Å². The molecule has 1 heterocycles. The van der Waals surface area contributed by atoms with Gasteiger partial charge in [-0.3, -0.25) is 0 Å². The normalized spacial score (nSPS) is 10.8. The van der Waals surface area contributed by atoms with Gasteiger partial charge in [0.1, 0.15) is 5.15 Å². The van der Waals surface area contributed by atoms with Crippen molar-refractivity contribution in [2.45, 2.75) is 13.5 Å². The number of halogens is 1. The van der Waals surface area contributed by atoms with Crippen molar-refractivity contribution in [3.63, 3.8) is 0 Å². The van der Waals surface area contributed by atoms with Crippen molar-refractivity contribution >= 4 is 22.5 Å². The quantitative estimate of drug-likeness (QED) is 0.805. The number of hydrogen-bond acceptors (Lipinski definition) is 2.